The van der Waals surface area contributed by atoms with E-state index in [-0.39, 0.29) is 17.7 Å². The molecule has 0 bridgehead atoms. The number of carbonyl (C=O) groups is 2. The second kappa shape index (κ2) is 10.1. The average molecular weight is 539 g/mol. The highest BCUT2D eigenvalue weighted by atomic mass is 16.4. The van der Waals surface area contributed by atoms with Gasteiger partial charge < -0.3 is 29.7 Å². The molecule has 0 aliphatic rings. The summed E-state index contributed by atoms with van der Waals surface area (Å²) in [6, 6.07) is 12.8. The third kappa shape index (κ3) is 4.32. The van der Waals surface area contributed by atoms with Gasteiger partial charge in [-0.1, -0.05) is 68.0 Å². The fourth-order valence-corrected chi connectivity index (χ4v) is 4.99. The number of para-hydroxylation sites is 2. The number of furan rings is 1. The first kappa shape index (κ1) is 26.8. The van der Waals surface area contributed by atoms with Crippen molar-refractivity contribution in [2.45, 2.75) is 32.6 Å². The number of aromatic amines is 2. The molecule has 3 aromatic heterocycles. The number of nitrogens with one attached hydrogen (secondary N) is 2. The maximum absolute atomic E-state index is 13.8. The quantitative estimate of drug-likeness (QED) is 0.107. The smallest absolute Gasteiger partial charge is 0.372 e. The maximum atomic E-state index is 13.8. The Hall–Kier alpha value is -4.82. The van der Waals surface area contributed by atoms with Crippen LogP contribution in [0.4, 0.5) is 0 Å². The van der Waals surface area contributed by atoms with Gasteiger partial charge >= 0.3 is 5.97 Å². The van der Waals surface area contributed by atoms with Crippen molar-refractivity contribution in [3.8, 4) is 16.9 Å². The zero-order valence-corrected chi connectivity index (χ0v) is 22.5. The summed E-state index contributed by atoms with van der Waals surface area (Å²) in [7, 11) is 0. The molecular formula is C32H30N2O6. The number of aliphatic hydroxyl groups is 1. The monoisotopic (exact) mass is 538 g/mol. The van der Waals surface area contributed by atoms with Gasteiger partial charge in [0.15, 0.2) is 5.75 Å². The fourth-order valence-electron chi connectivity index (χ4n) is 4.99. The lowest BCUT2D eigenvalue weighted by atomic mass is 9.84. The van der Waals surface area contributed by atoms with E-state index < -0.39 is 34.4 Å². The van der Waals surface area contributed by atoms with Crippen LogP contribution in [0.25, 0.3) is 32.9 Å². The van der Waals surface area contributed by atoms with Crippen molar-refractivity contribution in [1.29, 1.82) is 0 Å². The molecule has 8 heteroatoms. The first-order valence-electron chi connectivity index (χ1n) is 12.8. The van der Waals surface area contributed by atoms with Crippen molar-refractivity contribution in [3.05, 3.63) is 101 Å². The molecule has 5 aromatic rings. The fraction of sp³-hybridized carbons (Fsp3) is 0.188. The standard InChI is InChI=1S/C32H30N2O6/c1-5-32(3,4)30-23(20-10-6-7-12-22(20)34-30)24-27(37)29(40-28(24)31(38)39)26(36)21-15-33-25-18(9-8-11-19(21)25)14-13-17(2)16-35/h5-13,15,33-35,37H,1,14,16H2,2-4H3,(H,38,39)/b17-13+. The van der Waals surface area contributed by atoms with Gasteiger partial charge in [-0.3, -0.25) is 4.79 Å². The van der Waals surface area contributed by atoms with E-state index in [2.05, 4.69) is 16.5 Å². The molecule has 0 aliphatic carbocycles. The highest BCUT2D eigenvalue weighted by Gasteiger charge is 2.35. The van der Waals surface area contributed by atoms with Crippen LogP contribution in [0, 0.1) is 0 Å². The number of aliphatic hydroxyl groups excluding tert-OH is 1. The number of ketones is 1. The summed E-state index contributed by atoms with van der Waals surface area (Å²) in [4.78, 5) is 32.7. The molecule has 0 spiro atoms. The number of hydrogen-bond acceptors (Lipinski definition) is 5. The van der Waals surface area contributed by atoms with Gasteiger partial charge in [-0.05, 0) is 25.0 Å². The average Bonchev–Trinajstić information content (AvgIpc) is 3.65. The number of carboxylic acids is 1. The highest BCUT2D eigenvalue weighted by Crippen LogP contribution is 2.47. The van der Waals surface area contributed by atoms with Crippen LogP contribution < -0.4 is 0 Å². The van der Waals surface area contributed by atoms with Gasteiger partial charge in [0.25, 0.3) is 0 Å². The van der Waals surface area contributed by atoms with E-state index in [0.29, 0.717) is 28.5 Å². The zero-order chi connectivity index (χ0) is 28.8. The molecule has 0 saturated heterocycles. The number of fused-ring (bicyclic) bond motifs is 2. The highest BCUT2D eigenvalue weighted by molar-refractivity contribution is 6.18. The molecule has 5 N–H and O–H groups in total. The van der Waals surface area contributed by atoms with Crippen LogP contribution in [0.15, 0.2) is 77.4 Å². The van der Waals surface area contributed by atoms with E-state index in [4.69, 9.17) is 4.42 Å². The summed E-state index contributed by atoms with van der Waals surface area (Å²) in [5, 5.41) is 32.2. The molecule has 40 heavy (non-hydrogen) atoms. The van der Waals surface area contributed by atoms with Gasteiger partial charge in [-0.25, -0.2) is 4.79 Å². The molecule has 0 radical (unpaired) electrons. The number of aromatic nitrogens is 2. The normalized spacial score (nSPS) is 12.3. The Morgan fingerprint density at radius 2 is 1.77 bits per heavy atom. The number of hydrogen-bond donors (Lipinski definition) is 5. The van der Waals surface area contributed by atoms with Gasteiger partial charge in [-0.2, -0.15) is 0 Å². The molecule has 3 heterocycles. The second-order valence-corrected chi connectivity index (χ2v) is 10.4. The summed E-state index contributed by atoms with van der Waals surface area (Å²) in [5.74, 6) is -3.59. The van der Waals surface area contributed by atoms with Gasteiger partial charge in [0.05, 0.1) is 17.7 Å². The van der Waals surface area contributed by atoms with Gasteiger partial charge in [-0.15, -0.1) is 6.58 Å². The van der Waals surface area contributed by atoms with Crippen molar-refractivity contribution in [1.82, 2.24) is 9.97 Å². The van der Waals surface area contributed by atoms with Crippen LogP contribution >= 0.6 is 0 Å². The Labute approximate surface area is 230 Å². The molecule has 0 amide bonds. The predicted molar refractivity (Wildman–Crippen MR) is 154 cm³/mol. The number of carboxylic acid groups (broad SMARTS) is 1. The van der Waals surface area contributed by atoms with E-state index in [1.54, 1.807) is 12.1 Å². The SMILES string of the molecule is C=CC(C)(C)c1[nH]c2ccccc2c1-c1c(C(=O)O)oc(C(=O)c2c[nH]c3c(C/C=C(\C)CO)cccc23)c1O. The Bertz CT molecular complexity index is 1830. The third-order valence-corrected chi connectivity index (χ3v) is 7.36. The van der Waals surface area contributed by atoms with E-state index in [1.165, 1.54) is 6.20 Å². The molecule has 0 saturated carbocycles. The summed E-state index contributed by atoms with van der Waals surface area (Å²) >= 11 is 0. The van der Waals surface area contributed by atoms with Crippen molar-refractivity contribution >= 4 is 33.6 Å². The van der Waals surface area contributed by atoms with E-state index in [1.807, 2.05) is 63.2 Å². The molecule has 204 valence electrons. The summed E-state index contributed by atoms with van der Waals surface area (Å²) in [5.41, 5.74) is 3.80. The number of carbonyl (C=O) groups excluding carboxylic acids is 1. The number of H-pyrrole nitrogens is 2. The van der Waals surface area contributed by atoms with Crippen molar-refractivity contribution in [2.24, 2.45) is 0 Å². The molecular weight excluding hydrogens is 508 g/mol. The first-order chi connectivity index (χ1) is 19.1. The number of benzene rings is 2. The van der Waals surface area contributed by atoms with Crippen LogP contribution in [0.5, 0.6) is 5.75 Å². The van der Waals surface area contributed by atoms with Gasteiger partial charge in [0.1, 0.15) is 0 Å². The summed E-state index contributed by atoms with van der Waals surface area (Å²) < 4.78 is 5.65. The minimum atomic E-state index is -1.41. The molecule has 0 unspecified atom stereocenters. The van der Waals surface area contributed by atoms with E-state index in [0.717, 1.165) is 22.2 Å². The number of allylic oxidation sites excluding steroid dienone is 2. The minimum Gasteiger partial charge on any atom is -0.504 e. The van der Waals surface area contributed by atoms with E-state index >= 15 is 0 Å². The number of rotatable bonds is 9. The topological polar surface area (TPSA) is 140 Å². The van der Waals surface area contributed by atoms with Gasteiger partial charge in [0, 0.05) is 44.7 Å². The summed E-state index contributed by atoms with van der Waals surface area (Å²) in [6.45, 7) is 9.55. The zero-order valence-electron chi connectivity index (χ0n) is 22.5. The third-order valence-electron chi connectivity index (χ3n) is 7.36. The van der Waals surface area contributed by atoms with Crippen molar-refractivity contribution < 1.29 is 29.3 Å². The second-order valence-electron chi connectivity index (χ2n) is 10.4. The Morgan fingerprint density at radius 3 is 2.48 bits per heavy atom. The Balaban J connectivity index is 1.70. The molecule has 2 aromatic carbocycles. The van der Waals surface area contributed by atoms with Crippen LogP contribution in [0.2, 0.25) is 0 Å². The van der Waals surface area contributed by atoms with Crippen molar-refractivity contribution in [2.75, 3.05) is 6.61 Å². The molecule has 0 aliphatic heterocycles. The lowest BCUT2D eigenvalue weighted by Gasteiger charge is -2.20. The van der Waals surface area contributed by atoms with E-state index in [9.17, 15) is 24.9 Å². The maximum Gasteiger partial charge on any atom is 0.372 e. The molecule has 5 rings (SSSR count). The first-order valence-corrected chi connectivity index (χ1v) is 12.8. The van der Waals surface area contributed by atoms with Gasteiger partial charge in [0.2, 0.25) is 17.3 Å². The predicted octanol–water partition coefficient (Wildman–Crippen LogP) is 6.49. The minimum absolute atomic E-state index is 0.0431. The largest absolute Gasteiger partial charge is 0.504 e. The summed E-state index contributed by atoms with van der Waals surface area (Å²) in [6.07, 6.45) is 5.70. The molecule has 0 fully saturated rings. The lowest BCUT2D eigenvalue weighted by molar-refractivity contribution is 0.0661. The lowest BCUT2D eigenvalue weighted by Crippen LogP contribution is -2.15. The Morgan fingerprint density at radius 1 is 1.05 bits per heavy atom. The Kier molecular flexibility index (Phi) is 6.73. The van der Waals surface area contributed by atoms with Crippen molar-refractivity contribution in [3.63, 3.8) is 0 Å². The molecule has 0 atom stereocenters. The number of aromatic carboxylic acids is 1. The van der Waals surface area contributed by atoms with Crippen LogP contribution in [0.3, 0.4) is 0 Å². The van der Waals surface area contributed by atoms with Crippen LogP contribution in [-0.2, 0) is 11.8 Å². The molecule has 8 nitrogen and oxygen atoms in total. The number of aromatic hydroxyl groups is 1. The van der Waals surface area contributed by atoms with Crippen LogP contribution in [-0.4, -0.2) is 43.6 Å². The van der Waals surface area contributed by atoms with Crippen LogP contribution in [0.1, 0.15) is 58.7 Å².